The Kier molecular flexibility index (Phi) is 2.99. The Morgan fingerprint density at radius 1 is 1.33 bits per heavy atom. The summed E-state index contributed by atoms with van der Waals surface area (Å²) in [6.45, 7) is 0.000815. The molecule has 0 bridgehead atoms. The van der Waals surface area contributed by atoms with Gasteiger partial charge >= 0.3 is 0 Å². The number of hydrogen-bond donors (Lipinski definition) is 1. The molecule has 3 nitrogen and oxygen atoms in total. The summed E-state index contributed by atoms with van der Waals surface area (Å²) in [7, 11) is 1.64. The molecule has 1 N–H and O–H groups in total. The van der Waals surface area contributed by atoms with Gasteiger partial charge in [0.25, 0.3) is 0 Å². The normalized spacial score (nSPS) is 10.3. The van der Waals surface area contributed by atoms with Gasteiger partial charge in [0.2, 0.25) is 0 Å². The topological polar surface area (TPSA) is 42.4 Å². The largest absolute Gasteiger partial charge is 0.497 e. The van der Waals surface area contributed by atoms with E-state index in [-0.39, 0.29) is 6.61 Å². The highest BCUT2D eigenvalue weighted by atomic mass is 32.1. The lowest BCUT2D eigenvalue weighted by Crippen LogP contribution is -1.84. The molecule has 0 fully saturated rings. The molecule has 1 aromatic carbocycles. The Hall–Kier alpha value is -1.39. The van der Waals surface area contributed by atoms with Crippen LogP contribution in [0.2, 0.25) is 0 Å². The van der Waals surface area contributed by atoms with Gasteiger partial charge < -0.3 is 9.84 Å². The fourth-order valence-electron chi connectivity index (χ4n) is 1.28. The zero-order chi connectivity index (χ0) is 10.7. The lowest BCUT2D eigenvalue weighted by molar-refractivity contribution is 0.281. The molecule has 2 rings (SSSR count). The molecule has 0 atom stereocenters. The number of hydrogen-bond acceptors (Lipinski definition) is 4. The molecular formula is C11H11NO2S. The Morgan fingerprint density at radius 3 is 2.60 bits per heavy atom. The van der Waals surface area contributed by atoms with Crippen molar-refractivity contribution in [3.8, 4) is 17.0 Å². The van der Waals surface area contributed by atoms with Gasteiger partial charge in [-0.2, -0.15) is 0 Å². The van der Waals surface area contributed by atoms with Crippen LogP contribution in [0.15, 0.2) is 29.6 Å². The van der Waals surface area contributed by atoms with Gasteiger partial charge in [0, 0.05) is 10.9 Å². The number of aromatic nitrogens is 1. The monoisotopic (exact) mass is 221 g/mol. The van der Waals surface area contributed by atoms with Crippen molar-refractivity contribution in [2.24, 2.45) is 0 Å². The predicted molar refractivity (Wildman–Crippen MR) is 60.0 cm³/mol. The van der Waals surface area contributed by atoms with Crippen LogP contribution in [-0.2, 0) is 6.61 Å². The standard InChI is InChI=1S/C11H11NO2S/c1-14-9-4-2-8(3-5-9)10-7-15-11(6-13)12-10/h2-5,7,13H,6H2,1H3. The molecular weight excluding hydrogens is 210 g/mol. The SMILES string of the molecule is COc1ccc(-c2csc(CO)n2)cc1. The maximum Gasteiger partial charge on any atom is 0.119 e. The van der Waals surface area contributed by atoms with Crippen LogP contribution in [0.5, 0.6) is 5.75 Å². The van der Waals surface area contributed by atoms with Crippen LogP contribution in [0.3, 0.4) is 0 Å². The first-order valence-electron chi connectivity index (χ1n) is 4.53. The van der Waals surface area contributed by atoms with Gasteiger partial charge in [-0.3, -0.25) is 0 Å². The summed E-state index contributed by atoms with van der Waals surface area (Å²) >= 11 is 1.46. The molecule has 1 aromatic heterocycles. The van der Waals surface area contributed by atoms with E-state index in [1.807, 2.05) is 29.6 Å². The Bertz CT molecular complexity index is 436. The van der Waals surface area contributed by atoms with Crippen molar-refractivity contribution in [1.29, 1.82) is 0 Å². The van der Waals surface area contributed by atoms with Gasteiger partial charge in [0.1, 0.15) is 10.8 Å². The highest BCUT2D eigenvalue weighted by Crippen LogP contribution is 2.23. The van der Waals surface area contributed by atoms with Gasteiger partial charge in [0.15, 0.2) is 0 Å². The molecule has 0 radical (unpaired) electrons. The molecule has 0 amide bonds. The summed E-state index contributed by atoms with van der Waals surface area (Å²) in [6, 6.07) is 7.70. The molecule has 15 heavy (non-hydrogen) atoms. The maximum absolute atomic E-state index is 8.91. The smallest absolute Gasteiger partial charge is 0.119 e. The van der Waals surface area contributed by atoms with Gasteiger partial charge in [-0.05, 0) is 24.3 Å². The van der Waals surface area contributed by atoms with Crippen molar-refractivity contribution < 1.29 is 9.84 Å². The van der Waals surface area contributed by atoms with E-state index in [0.29, 0.717) is 0 Å². The Morgan fingerprint density at radius 2 is 2.07 bits per heavy atom. The second kappa shape index (κ2) is 4.42. The number of ether oxygens (including phenoxy) is 1. The minimum Gasteiger partial charge on any atom is -0.497 e. The highest BCUT2D eigenvalue weighted by Gasteiger charge is 2.03. The van der Waals surface area contributed by atoms with Crippen molar-refractivity contribution >= 4 is 11.3 Å². The first kappa shape index (κ1) is 10.1. The van der Waals surface area contributed by atoms with Crippen LogP contribution in [0.1, 0.15) is 5.01 Å². The summed E-state index contributed by atoms with van der Waals surface area (Å²) < 4.78 is 5.07. The summed E-state index contributed by atoms with van der Waals surface area (Å²) in [4.78, 5) is 4.28. The van der Waals surface area contributed by atoms with Crippen LogP contribution in [0, 0.1) is 0 Å². The van der Waals surface area contributed by atoms with Gasteiger partial charge in [0.05, 0.1) is 19.4 Å². The second-order valence-corrected chi connectivity index (χ2v) is 3.96. The molecule has 0 aliphatic heterocycles. The average molecular weight is 221 g/mol. The Labute approximate surface area is 92.0 Å². The van der Waals surface area contributed by atoms with Gasteiger partial charge in [-0.1, -0.05) is 0 Å². The van der Waals surface area contributed by atoms with Gasteiger partial charge in [-0.15, -0.1) is 11.3 Å². The summed E-state index contributed by atoms with van der Waals surface area (Å²) in [5, 5.41) is 11.6. The second-order valence-electron chi connectivity index (χ2n) is 3.01. The van der Waals surface area contributed by atoms with Crippen molar-refractivity contribution in [2.75, 3.05) is 7.11 Å². The number of methoxy groups -OCH3 is 1. The molecule has 2 aromatic rings. The summed E-state index contributed by atoms with van der Waals surface area (Å²) in [5.41, 5.74) is 1.93. The van der Waals surface area contributed by atoms with Crippen LogP contribution in [-0.4, -0.2) is 17.2 Å². The van der Waals surface area contributed by atoms with E-state index in [0.717, 1.165) is 22.0 Å². The third-order valence-electron chi connectivity index (χ3n) is 2.07. The first-order valence-corrected chi connectivity index (χ1v) is 5.41. The fraction of sp³-hybridized carbons (Fsp3) is 0.182. The maximum atomic E-state index is 8.91. The van der Waals surface area contributed by atoms with E-state index >= 15 is 0 Å². The molecule has 0 unspecified atom stereocenters. The van der Waals surface area contributed by atoms with E-state index in [4.69, 9.17) is 9.84 Å². The number of nitrogens with zero attached hydrogens (tertiary/aromatic N) is 1. The fourth-order valence-corrected chi connectivity index (χ4v) is 1.94. The van der Waals surface area contributed by atoms with E-state index in [9.17, 15) is 0 Å². The molecule has 0 saturated heterocycles. The third-order valence-corrected chi connectivity index (χ3v) is 2.91. The van der Waals surface area contributed by atoms with E-state index in [1.54, 1.807) is 7.11 Å². The van der Waals surface area contributed by atoms with Crippen molar-refractivity contribution in [1.82, 2.24) is 4.98 Å². The van der Waals surface area contributed by atoms with Crippen molar-refractivity contribution in [3.63, 3.8) is 0 Å². The minimum absolute atomic E-state index is 0.000815. The summed E-state index contributed by atoms with van der Waals surface area (Å²) in [5.74, 6) is 0.830. The lowest BCUT2D eigenvalue weighted by atomic mass is 10.2. The first-order chi connectivity index (χ1) is 7.33. The molecule has 0 aliphatic rings. The third kappa shape index (κ3) is 2.16. The number of aliphatic hydroxyl groups excluding tert-OH is 1. The number of thiazole rings is 1. The highest BCUT2D eigenvalue weighted by molar-refractivity contribution is 7.09. The van der Waals surface area contributed by atoms with Crippen LogP contribution in [0.4, 0.5) is 0 Å². The van der Waals surface area contributed by atoms with Crippen LogP contribution in [0.25, 0.3) is 11.3 Å². The Balaban J connectivity index is 2.28. The molecule has 0 saturated carbocycles. The van der Waals surface area contributed by atoms with Crippen molar-refractivity contribution in [2.45, 2.75) is 6.61 Å². The van der Waals surface area contributed by atoms with E-state index < -0.39 is 0 Å². The quantitative estimate of drug-likeness (QED) is 0.864. The van der Waals surface area contributed by atoms with Crippen LogP contribution >= 0.6 is 11.3 Å². The predicted octanol–water partition coefficient (Wildman–Crippen LogP) is 2.31. The molecule has 1 heterocycles. The summed E-state index contributed by atoms with van der Waals surface area (Å²) in [6.07, 6.45) is 0. The van der Waals surface area contributed by atoms with E-state index in [1.165, 1.54) is 11.3 Å². The number of aliphatic hydroxyl groups is 1. The number of benzene rings is 1. The zero-order valence-electron chi connectivity index (χ0n) is 8.30. The zero-order valence-corrected chi connectivity index (χ0v) is 9.12. The molecule has 78 valence electrons. The number of rotatable bonds is 3. The molecule has 0 aliphatic carbocycles. The molecule has 4 heteroatoms. The van der Waals surface area contributed by atoms with E-state index in [2.05, 4.69) is 4.98 Å². The van der Waals surface area contributed by atoms with Crippen molar-refractivity contribution in [3.05, 3.63) is 34.7 Å². The lowest BCUT2D eigenvalue weighted by Gasteiger charge is -2.00. The molecule has 0 spiro atoms. The van der Waals surface area contributed by atoms with Gasteiger partial charge in [-0.25, -0.2) is 4.98 Å². The minimum atomic E-state index is 0.000815. The van der Waals surface area contributed by atoms with Crippen LogP contribution < -0.4 is 4.74 Å². The average Bonchev–Trinajstić information content (AvgIpc) is 2.78.